The number of Topliss-reactive ketones (excluding diaryl/α,β-unsaturated/α-hetero) is 2. The van der Waals surface area contributed by atoms with E-state index in [-0.39, 0.29) is 16.8 Å². The lowest BCUT2D eigenvalue weighted by Gasteiger charge is -2.03. The Labute approximate surface area is 140 Å². The molecule has 2 aromatic rings. The van der Waals surface area contributed by atoms with Crippen LogP contribution in [0, 0.1) is 25.6 Å². The molecule has 8 heteroatoms. The predicted octanol–water partition coefficient (Wildman–Crippen LogP) is 2.40. The topological polar surface area (TPSA) is 120 Å². The largest absolute Gasteiger partial charge is 0.293 e. The Kier molecular flexibility index (Phi) is 2.90. The third-order valence-corrected chi connectivity index (χ3v) is 5.02. The van der Waals surface area contributed by atoms with E-state index in [2.05, 4.69) is 0 Å². The monoisotopic (exact) mass is 338 g/mol. The molecule has 0 bridgehead atoms. The number of fused-ring (bicyclic) bond motifs is 1. The van der Waals surface area contributed by atoms with Crippen molar-refractivity contribution in [2.75, 3.05) is 0 Å². The zero-order chi connectivity index (χ0) is 17.9. The zero-order valence-corrected chi connectivity index (χ0v) is 12.6. The van der Waals surface area contributed by atoms with Crippen molar-refractivity contribution in [1.29, 1.82) is 0 Å². The molecule has 1 fully saturated rings. The molecule has 1 spiro atoms. The van der Waals surface area contributed by atoms with Crippen LogP contribution in [0.3, 0.4) is 0 Å². The van der Waals surface area contributed by atoms with Gasteiger partial charge >= 0.3 is 0 Å². The van der Waals surface area contributed by atoms with Crippen molar-refractivity contribution >= 4 is 17.3 Å². The van der Waals surface area contributed by atoms with Crippen LogP contribution in [0.25, 0.3) is 0 Å². The van der Waals surface area contributed by atoms with Crippen LogP contribution in [-0.4, -0.2) is 27.5 Å². The maximum atomic E-state index is 12.8. The standard InChI is InChI=1S/C17H10N2O6/c20-15-11-3-1-2-4-12(11)16(21)17(15)13(14(17)19(24)25)9-5-7-10(8-6-9)18(22)23/h1-8,13-14H/t13-,14+/m1/s1. The fourth-order valence-electron chi connectivity index (χ4n) is 3.89. The average Bonchev–Trinajstić information content (AvgIpc) is 3.27. The van der Waals surface area contributed by atoms with Crippen molar-refractivity contribution in [3.63, 3.8) is 0 Å². The number of carbonyl (C=O) groups excluding carboxylic acids is 2. The number of nitro groups is 2. The fourth-order valence-corrected chi connectivity index (χ4v) is 3.89. The summed E-state index contributed by atoms with van der Waals surface area (Å²) in [5, 5.41) is 22.3. The Hall–Kier alpha value is -3.42. The predicted molar refractivity (Wildman–Crippen MR) is 84.2 cm³/mol. The van der Waals surface area contributed by atoms with Crippen molar-refractivity contribution in [1.82, 2.24) is 0 Å². The molecule has 0 unspecified atom stereocenters. The molecular formula is C17H10N2O6. The van der Waals surface area contributed by atoms with Crippen LogP contribution in [0.15, 0.2) is 48.5 Å². The minimum atomic E-state index is -1.73. The molecule has 0 N–H and O–H groups in total. The molecule has 0 aliphatic heterocycles. The molecule has 0 heterocycles. The summed E-state index contributed by atoms with van der Waals surface area (Å²) in [4.78, 5) is 46.8. The molecule has 0 aromatic heterocycles. The molecule has 1 saturated carbocycles. The van der Waals surface area contributed by atoms with E-state index >= 15 is 0 Å². The minimum Gasteiger partial charge on any atom is -0.293 e. The summed E-state index contributed by atoms with van der Waals surface area (Å²) >= 11 is 0. The Morgan fingerprint density at radius 1 is 0.840 bits per heavy atom. The van der Waals surface area contributed by atoms with Crippen LogP contribution in [0.4, 0.5) is 5.69 Å². The Balaban J connectivity index is 1.82. The number of benzene rings is 2. The van der Waals surface area contributed by atoms with Gasteiger partial charge in [0.15, 0.2) is 17.0 Å². The van der Waals surface area contributed by atoms with Gasteiger partial charge in [-0.1, -0.05) is 36.4 Å². The first-order chi connectivity index (χ1) is 11.9. The third kappa shape index (κ3) is 1.76. The summed E-state index contributed by atoms with van der Waals surface area (Å²) in [5.41, 5.74) is -1.12. The van der Waals surface area contributed by atoms with Gasteiger partial charge in [0.25, 0.3) is 5.69 Å². The van der Waals surface area contributed by atoms with Gasteiger partial charge in [0.2, 0.25) is 6.04 Å². The molecule has 2 aromatic carbocycles. The normalized spacial score (nSPS) is 22.7. The third-order valence-electron chi connectivity index (χ3n) is 5.02. The summed E-state index contributed by atoms with van der Waals surface area (Å²) in [6.45, 7) is 0. The van der Waals surface area contributed by atoms with Crippen molar-refractivity contribution in [2.24, 2.45) is 5.41 Å². The molecule has 8 nitrogen and oxygen atoms in total. The van der Waals surface area contributed by atoms with Crippen molar-refractivity contribution in [2.45, 2.75) is 12.0 Å². The number of hydrogen-bond donors (Lipinski definition) is 0. The van der Waals surface area contributed by atoms with E-state index in [4.69, 9.17) is 0 Å². The number of nitrogens with zero attached hydrogens (tertiary/aromatic N) is 2. The van der Waals surface area contributed by atoms with Crippen LogP contribution in [-0.2, 0) is 0 Å². The van der Waals surface area contributed by atoms with Gasteiger partial charge in [-0.2, -0.15) is 0 Å². The van der Waals surface area contributed by atoms with Gasteiger partial charge in [0.05, 0.1) is 10.8 Å². The second-order valence-electron chi connectivity index (χ2n) is 6.13. The molecule has 4 rings (SSSR count). The van der Waals surface area contributed by atoms with Gasteiger partial charge in [-0.05, 0) is 5.56 Å². The highest BCUT2D eigenvalue weighted by molar-refractivity contribution is 6.33. The van der Waals surface area contributed by atoms with Crippen LogP contribution in [0.2, 0.25) is 0 Å². The molecular weight excluding hydrogens is 328 g/mol. The van der Waals surface area contributed by atoms with E-state index in [1.165, 1.54) is 36.4 Å². The first-order valence-electron chi connectivity index (χ1n) is 7.47. The number of carbonyl (C=O) groups is 2. The van der Waals surface area contributed by atoms with E-state index < -0.39 is 38.8 Å². The highest BCUT2D eigenvalue weighted by Gasteiger charge is 2.84. The zero-order valence-electron chi connectivity index (χ0n) is 12.6. The fraction of sp³-hybridized carbons (Fsp3) is 0.176. The number of non-ortho nitro benzene ring substituents is 1. The quantitative estimate of drug-likeness (QED) is 0.481. The van der Waals surface area contributed by atoms with Crippen LogP contribution in [0.5, 0.6) is 0 Å². The Morgan fingerprint density at radius 3 is 1.80 bits per heavy atom. The van der Waals surface area contributed by atoms with Crippen molar-refractivity contribution in [3.8, 4) is 0 Å². The van der Waals surface area contributed by atoms with Gasteiger partial charge in [-0.15, -0.1) is 0 Å². The van der Waals surface area contributed by atoms with E-state index in [1.54, 1.807) is 12.1 Å². The maximum Gasteiger partial charge on any atom is 0.269 e. The number of ketones is 2. The smallest absolute Gasteiger partial charge is 0.269 e. The highest BCUT2D eigenvalue weighted by Crippen LogP contribution is 2.66. The van der Waals surface area contributed by atoms with Crippen LogP contribution in [0.1, 0.15) is 32.2 Å². The summed E-state index contributed by atoms with van der Waals surface area (Å²) < 4.78 is 0. The Morgan fingerprint density at radius 2 is 1.36 bits per heavy atom. The van der Waals surface area contributed by atoms with E-state index in [0.717, 1.165) is 0 Å². The summed E-state index contributed by atoms with van der Waals surface area (Å²) in [6, 6.07) is 10.0. The van der Waals surface area contributed by atoms with Crippen molar-refractivity contribution < 1.29 is 19.4 Å². The van der Waals surface area contributed by atoms with Gasteiger partial charge < -0.3 is 0 Å². The molecule has 0 amide bonds. The Bertz CT molecular complexity index is 930. The number of nitro benzene ring substituents is 1. The summed E-state index contributed by atoms with van der Waals surface area (Å²) in [6.07, 6.45) is 0. The molecule has 0 saturated heterocycles. The van der Waals surface area contributed by atoms with E-state index in [9.17, 15) is 29.8 Å². The van der Waals surface area contributed by atoms with Gasteiger partial charge in [0, 0.05) is 28.2 Å². The molecule has 124 valence electrons. The SMILES string of the molecule is O=C1c2ccccc2C(=O)C12[C@H](c1ccc([N+](=O)[O-])cc1)[C@@H]2[N+](=O)[O-]. The van der Waals surface area contributed by atoms with Gasteiger partial charge in [-0.25, -0.2) is 0 Å². The number of rotatable bonds is 3. The van der Waals surface area contributed by atoms with Gasteiger partial charge in [-0.3, -0.25) is 29.8 Å². The first kappa shape index (κ1) is 15.1. The molecule has 2 aliphatic rings. The van der Waals surface area contributed by atoms with E-state index in [0.29, 0.717) is 5.56 Å². The molecule has 25 heavy (non-hydrogen) atoms. The van der Waals surface area contributed by atoms with Gasteiger partial charge in [0.1, 0.15) is 0 Å². The van der Waals surface area contributed by atoms with Crippen LogP contribution >= 0.6 is 0 Å². The number of hydrogen-bond acceptors (Lipinski definition) is 6. The van der Waals surface area contributed by atoms with E-state index in [1.807, 2.05) is 0 Å². The lowest BCUT2D eigenvalue weighted by Crippen LogP contribution is -2.25. The average molecular weight is 338 g/mol. The lowest BCUT2D eigenvalue weighted by atomic mass is 9.93. The highest BCUT2D eigenvalue weighted by atomic mass is 16.6. The van der Waals surface area contributed by atoms with Crippen molar-refractivity contribution in [3.05, 3.63) is 85.4 Å². The summed E-state index contributed by atoms with van der Waals surface area (Å²) in [5.74, 6) is -2.01. The lowest BCUT2D eigenvalue weighted by molar-refractivity contribution is -0.500. The van der Waals surface area contributed by atoms with Crippen LogP contribution < -0.4 is 0 Å². The maximum absolute atomic E-state index is 12.8. The molecule has 0 radical (unpaired) electrons. The molecule has 2 atom stereocenters. The second-order valence-corrected chi connectivity index (χ2v) is 6.13. The molecule has 2 aliphatic carbocycles. The second kappa shape index (κ2) is 4.79. The first-order valence-corrected chi connectivity index (χ1v) is 7.47. The summed E-state index contributed by atoms with van der Waals surface area (Å²) in [7, 11) is 0. The minimum absolute atomic E-state index is 0.163.